The first kappa shape index (κ1) is 16.5. The molecule has 1 aromatic carbocycles. The molecule has 2 aromatic rings. The Hall–Kier alpha value is -0.510. The van der Waals surface area contributed by atoms with Gasteiger partial charge in [-0.05, 0) is 18.6 Å². The molecule has 0 aliphatic carbocycles. The van der Waals surface area contributed by atoms with Gasteiger partial charge in [-0.15, -0.1) is 0 Å². The van der Waals surface area contributed by atoms with Gasteiger partial charge in [0, 0.05) is 4.88 Å². The largest absolute Gasteiger partial charge is 0.102 e. The Labute approximate surface area is 117 Å². The van der Waals surface area contributed by atoms with Gasteiger partial charge in [0.2, 0.25) is 0 Å². The molecule has 0 nitrogen and oxygen atoms in total. The maximum absolute atomic E-state index is 5.09. The highest BCUT2D eigenvalue weighted by molar-refractivity contribution is 7.80. The SMILES string of the molecule is CC.CC.Cc1ccc(-c2cc(=S)ss2)cc1. The zero-order valence-corrected chi connectivity index (χ0v) is 13.6. The maximum atomic E-state index is 5.09. The molecule has 0 aliphatic rings. The first-order valence-electron chi connectivity index (χ1n) is 5.93. The molecule has 3 heteroatoms. The molecular weight excluding hydrogens is 264 g/mol. The van der Waals surface area contributed by atoms with Crippen molar-refractivity contribution in [3.63, 3.8) is 0 Å². The van der Waals surface area contributed by atoms with E-state index in [1.165, 1.54) is 16.0 Å². The molecule has 1 aromatic heterocycles. The van der Waals surface area contributed by atoms with Crippen molar-refractivity contribution in [2.75, 3.05) is 0 Å². The summed E-state index contributed by atoms with van der Waals surface area (Å²) < 4.78 is 0.973. The average Bonchev–Trinajstić information content (AvgIpc) is 2.82. The second-order valence-electron chi connectivity index (χ2n) is 2.86. The summed E-state index contributed by atoms with van der Waals surface area (Å²) in [5.74, 6) is 0. The lowest BCUT2D eigenvalue weighted by atomic mass is 10.1. The van der Waals surface area contributed by atoms with Crippen LogP contribution in [0.5, 0.6) is 0 Å². The molecule has 0 atom stereocenters. The predicted molar refractivity (Wildman–Crippen MR) is 85.9 cm³/mol. The zero-order valence-electron chi connectivity index (χ0n) is 11.1. The average molecular weight is 285 g/mol. The third kappa shape index (κ3) is 5.57. The molecule has 94 valence electrons. The molecule has 0 unspecified atom stereocenters. The molecule has 0 bridgehead atoms. The van der Waals surface area contributed by atoms with Crippen molar-refractivity contribution < 1.29 is 0 Å². The summed E-state index contributed by atoms with van der Waals surface area (Å²) in [6.45, 7) is 10.1. The molecule has 0 saturated carbocycles. The van der Waals surface area contributed by atoms with Gasteiger partial charge in [0.25, 0.3) is 0 Å². The van der Waals surface area contributed by atoms with E-state index in [0.717, 1.165) is 3.82 Å². The summed E-state index contributed by atoms with van der Waals surface area (Å²) in [7, 11) is 3.41. The molecule has 17 heavy (non-hydrogen) atoms. The fraction of sp³-hybridized carbons (Fsp3) is 0.357. The fourth-order valence-corrected chi connectivity index (χ4v) is 3.49. The van der Waals surface area contributed by atoms with Crippen LogP contribution in [0, 0.1) is 10.7 Å². The van der Waals surface area contributed by atoms with Gasteiger partial charge in [-0.25, -0.2) is 0 Å². The lowest BCUT2D eigenvalue weighted by Gasteiger charge is -1.96. The predicted octanol–water partition coefficient (Wildman–Crippen LogP) is 6.57. The number of hydrogen-bond acceptors (Lipinski definition) is 3. The summed E-state index contributed by atoms with van der Waals surface area (Å²) >= 11 is 5.09. The quantitative estimate of drug-likeness (QED) is 0.421. The topological polar surface area (TPSA) is 0 Å². The second kappa shape index (κ2) is 9.51. The molecule has 0 aliphatic heterocycles. The molecule has 0 radical (unpaired) electrons. The van der Waals surface area contributed by atoms with Crippen molar-refractivity contribution >= 4 is 32.9 Å². The van der Waals surface area contributed by atoms with Crippen LogP contribution < -0.4 is 0 Å². The normalized spacial score (nSPS) is 8.53. The Morgan fingerprint density at radius 3 is 1.82 bits per heavy atom. The molecule has 0 spiro atoms. The molecule has 1 heterocycles. The van der Waals surface area contributed by atoms with E-state index in [2.05, 4.69) is 37.3 Å². The summed E-state index contributed by atoms with van der Waals surface area (Å²) in [6, 6.07) is 10.6. The minimum atomic E-state index is 0.973. The number of rotatable bonds is 1. The lowest BCUT2D eigenvalue weighted by Crippen LogP contribution is -1.72. The Kier molecular flexibility index (Phi) is 9.23. The molecule has 0 amide bonds. The Bertz CT molecular complexity index is 449. The van der Waals surface area contributed by atoms with Crippen molar-refractivity contribution in [2.45, 2.75) is 34.6 Å². The summed E-state index contributed by atoms with van der Waals surface area (Å²) in [5.41, 5.74) is 2.56. The zero-order chi connectivity index (χ0) is 13.3. The highest BCUT2D eigenvalue weighted by Gasteiger charge is 1.98. The molecule has 0 fully saturated rings. The van der Waals surface area contributed by atoms with Gasteiger partial charge >= 0.3 is 0 Å². The van der Waals surface area contributed by atoms with Gasteiger partial charge in [0.15, 0.2) is 0 Å². The molecule has 0 saturated heterocycles. The van der Waals surface area contributed by atoms with E-state index >= 15 is 0 Å². The van der Waals surface area contributed by atoms with E-state index in [9.17, 15) is 0 Å². The van der Waals surface area contributed by atoms with Gasteiger partial charge < -0.3 is 0 Å². The van der Waals surface area contributed by atoms with Crippen LogP contribution in [-0.4, -0.2) is 0 Å². The van der Waals surface area contributed by atoms with Crippen molar-refractivity contribution in [3.8, 4) is 10.4 Å². The smallest absolute Gasteiger partial charge is 0.0786 e. The van der Waals surface area contributed by atoms with Crippen molar-refractivity contribution in [1.29, 1.82) is 0 Å². The van der Waals surface area contributed by atoms with Crippen molar-refractivity contribution in [3.05, 3.63) is 39.7 Å². The highest BCUT2D eigenvalue weighted by Crippen LogP contribution is 2.29. The summed E-state index contributed by atoms with van der Waals surface area (Å²) in [4.78, 5) is 1.27. The lowest BCUT2D eigenvalue weighted by molar-refractivity contribution is 1.48. The van der Waals surface area contributed by atoms with Gasteiger partial charge in [0.1, 0.15) is 3.82 Å². The molecule has 0 N–H and O–H groups in total. The van der Waals surface area contributed by atoms with Crippen molar-refractivity contribution in [2.24, 2.45) is 0 Å². The van der Waals surface area contributed by atoms with Gasteiger partial charge in [-0.2, -0.15) is 0 Å². The number of aryl methyl sites for hydroxylation is 1. The monoisotopic (exact) mass is 284 g/mol. The summed E-state index contributed by atoms with van der Waals surface area (Å²) in [5, 5.41) is 0. The maximum Gasteiger partial charge on any atom is 0.102 e. The van der Waals surface area contributed by atoms with Gasteiger partial charge in [-0.1, -0.05) is 90.4 Å². The van der Waals surface area contributed by atoms with Crippen LogP contribution in [0.3, 0.4) is 0 Å². The molecule has 2 rings (SSSR count). The van der Waals surface area contributed by atoms with E-state index in [1.54, 1.807) is 20.7 Å². The third-order valence-corrected chi connectivity index (χ3v) is 4.71. The van der Waals surface area contributed by atoms with Crippen molar-refractivity contribution in [1.82, 2.24) is 0 Å². The van der Waals surface area contributed by atoms with E-state index in [-0.39, 0.29) is 0 Å². The highest BCUT2D eigenvalue weighted by atomic mass is 32.9. The Morgan fingerprint density at radius 2 is 1.41 bits per heavy atom. The van der Waals surface area contributed by atoms with Crippen LogP contribution in [-0.2, 0) is 0 Å². The number of benzene rings is 1. The van der Waals surface area contributed by atoms with Crippen LogP contribution in [0.2, 0.25) is 0 Å². The number of hydrogen-bond donors (Lipinski definition) is 0. The minimum absolute atomic E-state index is 0.973. The van der Waals surface area contributed by atoms with E-state index in [1.807, 2.05) is 27.7 Å². The van der Waals surface area contributed by atoms with E-state index < -0.39 is 0 Å². The first-order valence-corrected chi connectivity index (χ1v) is 8.49. The third-order valence-electron chi connectivity index (χ3n) is 1.80. The standard InChI is InChI=1S/C10H8S3.2C2H6/c1-7-2-4-8(5-3-7)9-6-10(11)13-12-9;2*1-2/h2-6H,1H3;2*1-2H3. The van der Waals surface area contributed by atoms with E-state index in [0.29, 0.717) is 0 Å². The van der Waals surface area contributed by atoms with Gasteiger partial charge in [-0.3, -0.25) is 0 Å². The summed E-state index contributed by atoms with van der Waals surface area (Å²) in [6.07, 6.45) is 0. The van der Waals surface area contributed by atoms with E-state index in [4.69, 9.17) is 12.2 Å². The van der Waals surface area contributed by atoms with Crippen LogP contribution in [0.4, 0.5) is 0 Å². The van der Waals surface area contributed by atoms with Crippen LogP contribution in [0.1, 0.15) is 33.3 Å². The Morgan fingerprint density at radius 1 is 0.882 bits per heavy atom. The van der Waals surface area contributed by atoms with Crippen LogP contribution in [0.15, 0.2) is 30.3 Å². The minimum Gasteiger partial charge on any atom is -0.0786 e. The Balaban J connectivity index is 0.000000581. The fourth-order valence-electron chi connectivity index (χ4n) is 1.09. The first-order chi connectivity index (χ1) is 8.25. The molecular formula is C14H20S3. The second-order valence-corrected chi connectivity index (χ2v) is 5.77. The van der Waals surface area contributed by atoms with Gasteiger partial charge in [0.05, 0.1) is 0 Å². The van der Waals surface area contributed by atoms with Crippen LogP contribution in [0.25, 0.3) is 10.4 Å². The van der Waals surface area contributed by atoms with Crippen LogP contribution >= 0.6 is 32.9 Å².